The summed E-state index contributed by atoms with van der Waals surface area (Å²) in [5.74, 6) is 0.939. The number of furan rings is 1. The predicted molar refractivity (Wildman–Crippen MR) is 108 cm³/mol. The van der Waals surface area contributed by atoms with Crippen molar-refractivity contribution in [3.05, 3.63) is 107 Å². The van der Waals surface area contributed by atoms with Crippen LogP contribution < -0.4 is 0 Å². The van der Waals surface area contributed by atoms with E-state index in [1.807, 2.05) is 22.9 Å². The minimum absolute atomic E-state index is 0.0186. The molecule has 0 aliphatic rings. The van der Waals surface area contributed by atoms with Crippen molar-refractivity contribution in [1.29, 1.82) is 0 Å². The first-order valence-corrected chi connectivity index (χ1v) is 8.75. The Kier molecular flexibility index (Phi) is 4.86. The van der Waals surface area contributed by atoms with Crippen LogP contribution in [0.4, 0.5) is 5.69 Å². The molecule has 2 aromatic carbocycles. The highest BCUT2D eigenvalue weighted by Crippen LogP contribution is 2.25. The zero-order valence-corrected chi connectivity index (χ0v) is 15.1. The van der Waals surface area contributed by atoms with Crippen molar-refractivity contribution < 1.29 is 14.1 Å². The number of nitro benzene ring substituents is 1. The van der Waals surface area contributed by atoms with Crippen LogP contribution >= 0.6 is 0 Å². The number of nitro groups is 1. The number of allylic oxidation sites excluding steroid dienone is 1. The highest BCUT2D eigenvalue weighted by Gasteiger charge is 2.08. The molecule has 0 radical (unpaired) electrons. The Morgan fingerprint density at radius 2 is 1.79 bits per heavy atom. The molecule has 2 aromatic heterocycles. The first-order valence-electron chi connectivity index (χ1n) is 8.75. The van der Waals surface area contributed by atoms with Crippen LogP contribution in [0, 0.1) is 10.1 Å². The Bertz CT molecular complexity index is 1170. The topological polar surface area (TPSA) is 91.2 Å². The number of hydrogen-bond donors (Lipinski definition) is 0. The van der Waals surface area contributed by atoms with Crippen LogP contribution in [0.3, 0.4) is 0 Å². The van der Waals surface area contributed by atoms with E-state index in [0.717, 1.165) is 11.3 Å². The summed E-state index contributed by atoms with van der Waals surface area (Å²) >= 11 is 0. The number of hydrogen-bond acceptors (Lipinski definition) is 5. The predicted octanol–water partition coefficient (Wildman–Crippen LogP) is 4.94. The average Bonchev–Trinajstić information content (AvgIpc) is 3.44. The molecule has 0 saturated heterocycles. The van der Waals surface area contributed by atoms with E-state index in [9.17, 15) is 14.9 Å². The number of imidazole rings is 1. The van der Waals surface area contributed by atoms with Gasteiger partial charge in [0.2, 0.25) is 0 Å². The number of rotatable bonds is 6. The molecule has 0 spiro atoms. The fourth-order valence-corrected chi connectivity index (χ4v) is 2.81. The van der Waals surface area contributed by atoms with Gasteiger partial charge in [0, 0.05) is 41.3 Å². The Hall–Kier alpha value is -4.26. The normalized spacial score (nSPS) is 11.0. The maximum absolute atomic E-state index is 12.4. The molecule has 7 nitrogen and oxygen atoms in total. The minimum Gasteiger partial charge on any atom is -0.457 e. The second kappa shape index (κ2) is 7.77. The van der Waals surface area contributed by atoms with Crippen LogP contribution in [0.15, 0.2) is 89.9 Å². The van der Waals surface area contributed by atoms with E-state index >= 15 is 0 Å². The fourth-order valence-electron chi connectivity index (χ4n) is 2.81. The SMILES string of the molecule is O=C(/C=C/c1ccc(-c2ccc([N+](=O)[O-])cc2)o1)c1ccc(-n2ccnc2)cc1. The summed E-state index contributed by atoms with van der Waals surface area (Å²) in [6.45, 7) is 0. The summed E-state index contributed by atoms with van der Waals surface area (Å²) < 4.78 is 7.56. The molecule has 0 amide bonds. The van der Waals surface area contributed by atoms with Crippen LogP contribution in [0.2, 0.25) is 0 Å². The van der Waals surface area contributed by atoms with Gasteiger partial charge >= 0.3 is 0 Å². The summed E-state index contributed by atoms with van der Waals surface area (Å²) in [6.07, 6.45) is 8.26. The molecule has 0 N–H and O–H groups in total. The monoisotopic (exact) mass is 385 g/mol. The molecule has 0 bridgehead atoms. The Morgan fingerprint density at radius 1 is 1.03 bits per heavy atom. The molecule has 0 unspecified atom stereocenters. The van der Waals surface area contributed by atoms with Crippen LogP contribution in [-0.2, 0) is 0 Å². The van der Waals surface area contributed by atoms with Gasteiger partial charge in [0.25, 0.3) is 5.69 Å². The van der Waals surface area contributed by atoms with E-state index < -0.39 is 4.92 Å². The molecule has 0 saturated carbocycles. The number of benzene rings is 2. The van der Waals surface area contributed by atoms with Crippen molar-refractivity contribution in [1.82, 2.24) is 9.55 Å². The van der Waals surface area contributed by atoms with Crippen molar-refractivity contribution in [3.63, 3.8) is 0 Å². The van der Waals surface area contributed by atoms with Gasteiger partial charge in [-0.25, -0.2) is 4.98 Å². The van der Waals surface area contributed by atoms with E-state index in [4.69, 9.17) is 4.42 Å². The number of non-ortho nitro benzene ring substituents is 1. The minimum atomic E-state index is -0.451. The standard InChI is InChI=1S/C22H15N3O4/c26-21(16-1-5-18(6-2-16)24-14-13-23-15-24)11-9-20-10-12-22(29-20)17-3-7-19(8-4-17)25(27)28/h1-15H/b11-9+. The molecular weight excluding hydrogens is 370 g/mol. The molecule has 0 aliphatic carbocycles. The van der Waals surface area contributed by atoms with E-state index in [2.05, 4.69) is 4.98 Å². The zero-order chi connectivity index (χ0) is 20.2. The van der Waals surface area contributed by atoms with E-state index in [1.54, 1.807) is 55.0 Å². The van der Waals surface area contributed by atoms with Gasteiger partial charge in [0.15, 0.2) is 5.78 Å². The van der Waals surface area contributed by atoms with Crippen molar-refractivity contribution in [3.8, 4) is 17.0 Å². The lowest BCUT2D eigenvalue weighted by Crippen LogP contribution is -1.96. The Balaban J connectivity index is 1.45. The zero-order valence-electron chi connectivity index (χ0n) is 15.1. The number of carbonyl (C=O) groups is 1. The van der Waals surface area contributed by atoms with Crippen LogP contribution in [0.25, 0.3) is 23.1 Å². The van der Waals surface area contributed by atoms with Crippen molar-refractivity contribution in [2.24, 2.45) is 0 Å². The van der Waals surface area contributed by atoms with Crippen molar-refractivity contribution >= 4 is 17.5 Å². The first-order chi connectivity index (χ1) is 14.1. The average molecular weight is 385 g/mol. The fraction of sp³-hybridized carbons (Fsp3) is 0. The van der Waals surface area contributed by atoms with Gasteiger partial charge in [-0.15, -0.1) is 0 Å². The third-order valence-electron chi connectivity index (χ3n) is 4.34. The Labute approximate surface area is 165 Å². The number of carbonyl (C=O) groups excluding carboxylic acids is 1. The van der Waals surface area contributed by atoms with E-state index in [1.165, 1.54) is 18.2 Å². The molecule has 4 aromatic rings. The molecule has 0 aliphatic heterocycles. The van der Waals surface area contributed by atoms with Gasteiger partial charge in [-0.05, 0) is 60.7 Å². The van der Waals surface area contributed by atoms with Gasteiger partial charge in [0.05, 0.1) is 11.3 Å². The number of ketones is 1. The van der Waals surface area contributed by atoms with E-state index in [0.29, 0.717) is 17.1 Å². The number of nitrogens with zero attached hydrogens (tertiary/aromatic N) is 3. The van der Waals surface area contributed by atoms with Gasteiger partial charge in [-0.2, -0.15) is 0 Å². The molecule has 142 valence electrons. The number of aromatic nitrogens is 2. The molecule has 0 atom stereocenters. The Morgan fingerprint density at radius 3 is 2.45 bits per heavy atom. The summed E-state index contributed by atoms with van der Waals surface area (Å²) in [5, 5.41) is 10.7. The lowest BCUT2D eigenvalue weighted by molar-refractivity contribution is -0.384. The largest absolute Gasteiger partial charge is 0.457 e. The third kappa shape index (κ3) is 4.03. The molecule has 2 heterocycles. The summed E-state index contributed by atoms with van der Waals surface area (Å²) in [5.41, 5.74) is 2.22. The molecule has 4 rings (SSSR count). The van der Waals surface area contributed by atoms with Crippen molar-refractivity contribution in [2.75, 3.05) is 0 Å². The van der Waals surface area contributed by atoms with Gasteiger partial charge in [-0.1, -0.05) is 0 Å². The lowest BCUT2D eigenvalue weighted by Gasteiger charge is -2.02. The van der Waals surface area contributed by atoms with E-state index in [-0.39, 0.29) is 11.5 Å². The van der Waals surface area contributed by atoms with Gasteiger partial charge < -0.3 is 8.98 Å². The summed E-state index contributed by atoms with van der Waals surface area (Å²) in [7, 11) is 0. The van der Waals surface area contributed by atoms with Crippen molar-refractivity contribution in [2.45, 2.75) is 0 Å². The maximum Gasteiger partial charge on any atom is 0.269 e. The van der Waals surface area contributed by atoms with Gasteiger partial charge in [0.1, 0.15) is 11.5 Å². The smallest absolute Gasteiger partial charge is 0.269 e. The molecule has 29 heavy (non-hydrogen) atoms. The first kappa shape index (κ1) is 18.1. The van der Waals surface area contributed by atoms with Gasteiger partial charge in [-0.3, -0.25) is 14.9 Å². The quantitative estimate of drug-likeness (QED) is 0.203. The summed E-state index contributed by atoms with van der Waals surface area (Å²) in [4.78, 5) is 26.7. The maximum atomic E-state index is 12.4. The summed E-state index contributed by atoms with van der Waals surface area (Å²) in [6, 6.07) is 16.8. The highest BCUT2D eigenvalue weighted by atomic mass is 16.6. The molecular formula is C22H15N3O4. The van der Waals surface area contributed by atoms with Crippen LogP contribution in [-0.4, -0.2) is 20.3 Å². The second-order valence-electron chi connectivity index (χ2n) is 6.22. The highest BCUT2D eigenvalue weighted by molar-refractivity contribution is 6.06. The second-order valence-corrected chi connectivity index (χ2v) is 6.22. The lowest BCUT2D eigenvalue weighted by atomic mass is 10.1. The third-order valence-corrected chi connectivity index (χ3v) is 4.34. The van der Waals surface area contributed by atoms with Crippen LogP contribution in [0.1, 0.15) is 16.1 Å². The molecule has 0 fully saturated rings. The molecule has 7 heteroatoms. The van der Waals surface area contributed by atoms with Crippen LogP contribution in [0.5, 0.6) is 0 Å².